The molecule has 0 radical (unpaired) electrons. The van der Waals surface area contributed by atoms with E-state index in [1.165, 1.54) is 0 Å². The number of likely N-dealkylation sites (N-methyl/N-ethyl adjacent to an activating group) is 1. The number of amides is 1. The van der Waals surface area contributed by atoms with E-state index in [-0.39, 0.29) is 11.9 Å². The van der Waals surface area contributed by atoms with Crippen LogP contribution in [0.2, 0.25) is 0 Å². The number of methoxy groups -OCH3 is 2. The number of carbonyl (C=O) groups is 1. The third-order valence-corrected chi connectivity index (χ3v) is 3.42. The second-order valence-electron chi connectivity index (χ2n) is 4.96. The number of rotatable bonds is 10. The average molecular weight is 310 g/mol. The number of carbonyl (C=O) groups excluding carboxylic acids is 1. The van der Waals surface area contributed by atoms with Crippen molar-refractivity contribution in [3.05, 3.63) is 24.3 Å². The van der Waals surface area contributed by atoms with Crippen molar-refractivity contribution >= 4 is 5.91 Å². The molecule has 1 N–H and O–H groups in total. The summed E-state index contributed by atoms with van der Waals surface area (Å²) in [6, 6.07) is 7.21. The van der Waals surface area contributed by atoms with Gasteiger partial charge in [-0.15, -0.1) is 0 Å². The predicted molar refractivity (Wildman–Crippen MR) is 85.5 cm³/mol. The topological polar surface area (TPSA) is 60.0 Å². The highest BCUT2D eigenvalue weighted by Gasteiger charge is 2.17. The Labute approximate surface area is 132 Å². The largest absolute Gasteiger partial charge is 0.497 e. The van der Waals surface area contributed by atoms with E-state index in [1.807, 2.05) is 43.1 Å². The molecule has 0 aromatic heterocycles. The van der Waals surface area contributed by atoms with Gasteiger partial charge in [-0.2, -0.15) is 0 Å². The van der Waals surface area contributed by atoms with Gasteiger partial charge in [0.2, 0.25) is 5.91 Å². The highest BCUT2D eigenvalue weighted by molar-refractivity contribution is 5.81. The van der Waals surface area contributed by atoms with Gasteiger partial charge in [0, 0.05) is 20.2 Å². The second-order valence-corrected chi connectivity index (χ2v) is 4.96. The van der Waals surface area contributed by atoms with Crippen LogP contribution in [0.4, 0.5) is 0 Å². The van der Waals surface area contributed by atoms with Crippen molar-refractivity contribution in [2.75, 3.05) is 47.6 Å². The summed E-state index contributed by atoms with van der Waals surface area (Å²) in [7, 11) is 5.14. The Morgan fingerprint density at radius 3 is 2.41 bits per heavy atom. The Morgan fingerprint density at radius 1 is 1.18 bits per heavy atom. The normalized spacial score (nSPS) is 12.0. The van der Waals surface area contributed by atoms with Crippen molar-refractivity contribution in [2.24, 2.45) is 0 Å². The molecule has 22 heavy (non-hydrogen) atoms. The van der Waals surface area contributed by atoms with Gasteiger partial charge >= 0.3 is 0 Å². The van der Waals surface area contributed by atoms with Crippen LogP contribution in [-0.4, -0.2) is 64.4 Å². The summed E-state index contributed by atoms with van der Waals surface area (Å²) >= 11 is 0. The zero-order valence-corrected chi connectivity index (χ0v) is 13.8. The van der Waals surface area contributed by atoms with Gasteiger partial charge in [0.15, 0.2) is 0 Å². The molecule has 0 aliphatic heterocycles. The van der Waals surface area contributed by atoms with E-state index in [2.05, 4.69) is 5.32 Å². The van der Waals surface area contributed by atoms with Crippen LogP contribution in [0.1, 0.15) is 6.92 Å². The summed E-state index contributed by atoms with van der Waals surface area (Å²) < 4.78 is 15.7. The van der Waals surface area contributed by atoms with Gasteiger partial charge in [0.25, 0.3) is 0 Å². The lowest BCUT2D eigenvalue weighted by atomic mass is 10.3. The summed E-state index contributed by atoms with van der Waals surface area (Å²) in [5.41, 5.74) is 0. The molecule has 0 unspecified atom stereocenters. The molecule has 124 valence electrons. The highest BCUT2D eigenvalue weighted by Crippen LogP contribution is 2.16. The van der Waals surface area contributed by atoms with Crippen LogP contribution >= 0.6 is 0 Å². The molecule has 0 aliphatic carbocycles. The van der Waals surface area contributed by atoms with Crippen molar-refractivity contribution in [2.45, 2.75) is 13.0 Å². The van der Waals surface area contributed by atoms with E-state index >= 15 is 0 Å². The lowest BCUT2D eigenvalue weighted by Gasteiger charge is -2.23. The summed E-state index contributed by atoms with van der Waals surface area (Å²) in [5, 5.41) is 2.82. The lowest BCUT2D eigenvalue weighted by Crippen LogP contribution is -2.45. The lowest BCUT2D eigenvalue weighted by molar-refractivity contribution is -0.125. The van der Waals surface area contributed by atoms with Crippen LogP contribution in [0.3, 0.4) is 0 Å². The van der Waals surface area contributed by atoms with Crippen molar-refractivity contribution in [1.82, 2.24) is 10.2 Å². The first-order valence-corrected chi connectivity index (χ1v) is 7.32. The predicted octanol–water partition coefficient (Wildman–Crippen LogP) is 1.16. The van der Waals surface area contributed by atoms with Crippen LogP contribution in [0.5, 0.6) is 11.5 Å². The first-order chi connectivity index (χ1) is 10.6. The van der Waals surface area contributed by atoms with E-state index in [9.17, 15) is 4.79 Å². The third-order valence-electron chi connectivity index (χ3n) is 3.42. The fourth-order valence-corrected chi connectivity index (χ4v) is 1.80. The van der Waals surface area contributed by atoms with Gasteiger partial charge in [-0.3, -0.25) is 9.69 Å². The SMILES string of the molecule is COCCNC(=O)[C@@H](C)N(C)CCOc1ccc(OC)cc1. The Morgan fingerprint density at radius 2 is 1.82 bits per heavy atom. The molecule has 0 spiro atoms. The minimum atomic E-state index is -0.212. The van der Waals surface area contributed by atoms with Gasteiger partial charge in [-0.05, 0) is 38.2 Å². The van der Waals surface area contributed by atoms with Crippen LogP contribution in [0.25, 0.3) is 0 Å². The van der Waals surface area contributed by atoms with Gasteiger partial charge in [-0.1, -0.05) is 0 Å². The van der Waals surface area contributed by atoms with Gasteiger partial charge in [0.1, 0.15) is 18.1 Å². The first-order valence-electron chi connectivity index (χ1n) is 7.32. The molecule has 0 bridgehead atoms. The molecule has 1 rings (SSSR count). The molecule has 0 saturated carbocycles. The minimum absolute atomic E-state index is 0.0102. The Hall–Kier alpha value is -1.79. The highest BCUT2D eigenvalue weighted by atomic mass is 16.5. The Balaban J connectivity index is 2.28. The van der Waals surface area contributed by atoms with E-state index in [4.69, 9.17) is 14.2 Å². The standard InChI is InChI=1S/C16H26N2O4/c1-13(16(19)17-9-11-20-3)18(2)10-12-22-15-7-5-14(21-4)6-8-15/h5-8,13H,9-12H2,1-4H3,(H,17,19)/t13-/m1/s1. The number of benzene rings is 1. The molecule has 1 atom stereocenters. The molecule has 1 amide bonds. The van der Waals surface area contributed by atoms with Crippen molar-refractivity contribution in [1.29, 1.82) is 0 Å². The maximum Gasteiger partial charge on any atom is 0.237 e. The molecule has 0 fully saturated rings. The smallest absolute Gasteiger partial charge is 0.237 e. The van der Waals surface area contributed by atoms with E-state index < -0.39 is 0 Å². The Kier molecular flexibility index (Phi) is 8.32. The first kappa shape index (κ1) is 18.3. The van der Waals surface area contributed by atoms with E-state index in [0.717, 1.165) is 11.5 Å². The van der Waals surface area contributed by atoms with Crippen LogP contribution < -0.4 is 14.8 Å². The third kappa shape index (κ3) is 6.32. The Bertz CT molecular complexity index is 436. The summed E-state index contributed by atoms with van der Waals surface area (Å²) in [6.45, 7) is 4.08. The number of ether oxygens (including phenoxy) is 3. The van der Waals surface area contributed by atoms with Gasteiger partial charge < -0.3 is 19.5 Å². The fraction of sp³-hybridized carbons (Fsp3) is 0.562. The van der Waals surface area contributed by atoms with Gasteiger partial charge in [-0.25, -0.2) is 0 Å². The molecule has 1 aromatic carbocycles. The number of nitrogens with one attached hydrogen (secondary N) is 1. The zero-order chi connectivity index (χ0) is 16.4. The van der Waals surface area contributed by atoms with Crippen LogP contribution in [0, 0.1) is 0 Å². The average Bonchev–Trinajstić information content (AvgIpc) is 2.54. The van der Waals surface area contributed by atoms with E-state index in [1.54, 1.807) is 14.2 Å². The number of hydrogen-bond acceptors (Lipinski definition) is 5. The molecule has 0 saturated heterocycles. The second kappa shape index (κ2) is 10.0. The number of nitrogens with zero attached hydrogens (tertiary/aromatic N) is 1. The summed E-state index contributed by atoms with van der Waals surface area (Å²) in [4.78, 5) is 13.9. The fourth-order valence-electron chi connectivity index (χ4n) is 1.80. The molecular formula is C16H26N2O4. The van der Waals surface area contributed by atoms with Gasteiger partial charge in [0.05, 0.1) is 19.8 Å². The van der Waals surface area contributed by atoms with Crippen LogP contribution in [0.15, 0.2) is 24.3 Å². The summed E-state index contributed by atoms with van der Waals surface area (Å²) in [5.74, 6) is 1.57. The number of hydrogen-bond donors (Lipinski definition) is 1. The summed E-state index contributed by atoms with van der Waals surface area (Å²) in [6.07, 6.45) is 0. The monoisotopic (exact) mass is 310 g/mol. The van der Waals surface area contributed by atoms with E-state index in [0.29, 0.717) is 26.3 Å². The maximum atomic E-state index is 11.9. The zero-order valence-electron chi connectivity index (χ0n) is 13.8. The van der Waals surface area contributed by atoms with Crippen molar-refractivity contribution in [3.63, 3.8) is 0 Å². The molecule has 6 nitrogen and oxygen atoms in total. The molecular weight excluding hydrogens is 284 g/mol. The maximum absolute atomic E-state index is 11.9. The molecule has 0 aliphatic rings. The quantitative estimate of drug-likeness (QED) is 0.657. The van der Waals surface area contributed by atoms with Crippen molar-refractivity contribution < 1.29 is 19.0 Å². The molecule has 6 heteroatoms. The van der Waals surface area contributed by atoms with Crippen LogP contribution in [-0.2, 0) is 9.53 Å². The molecule has 1 aromatic rings. The minimum Gasteiger partial charge on any atom is -0.497 e. The van der Waals surface area contributed by atoms with Crippen molar-refractivity contribution in [3.8, 4) is 11.5 Å². The molecule has 0 heterocycles.